The zero-order chi connectivity index (χ0) is 17.3. The smallest absolute Gasteiger partial charge is 0.320 e. The molecule has 0 aliphatic heterocycles. The largest absolute Gasteiger partial charge is 0.322 e. The Labute approximate surface area is 142 Å². The summed E-state index contributed by atoms with van der Waals surface area (Å²) in [5, 5.41) is 14.6. The van der Waals surface area contributed by atoms with Crippen molar-refractivity contribution in [3.05, 3.63) is 44.2 Å². The van der Waals surface area contributed by atoms with Crippen LogP contribution in [0.25, 0.3) is 0 Å². The van der Waals surface area contributed by atoms with Gasteiger partial charge in [0.2, 0.25) is 0 Å². The molecule has 1 aliphatic rings. The Bertz CT molecular complexity index is 791. The quantitative estimate of drug-likeness (QED) is 0.678. The summed E-state index contributed by atoms with van der Waals surface area (Å²) < 4.78 is 0. The summed E-state index contributed by atoms with van der Waals surface area (Å²) in [5.74, 6) is 0. The van der Waals surface area contributed by atoms with E-state index in [2.05, 4.69) is 15.3 Å². The Kier molecular flexibility index (Phi) is 4.43. The monoisotopic (exact) mass is 347 g/mol. The van der Waals surface area contributed by atoms with Crippen LogP contribution < -0.4 is 5.32 Å². The van der Waals surface area contributed by atoms with Gasteiger partial charge in [-0.25, -0.2) is 9.78 Å². The molecule has 0 saturated carbocycles. The number of thiazole rings is 1. The van der Waals surface area contributed by atoms with Crippen LogP contribution in [0.4, 0.5) is 16.2 Å². The first-order chi connectivity index (χ1) is 11.5. The van der Waals surface area contributed by atoms with Gasteiger partial charge >= 0.3 is 11.7 Å². The third kappa shape index (κ3) is 3.07. The summed E-state index contributed by atoms with van der Waals surface area (Å²) in [6, 6.07) is 0.988. The number of anilines is 1. The maximum atomic E-state index is 12.6. The molecule has 2 amide bonds. The van der Waals surface area contributed by atoms with E-state index in [1.54, 1.807) is 23.3 Å². The number of fused-ring (bicyclic) bond motifs is 1. The predicted molar refractivity (Wildman–Crippen MR) is 90.2 cm³/mol. The third-order valence-electron chi connectivity index (χ3n) is 4.05. The van der Waals surface area contributed by atoms with E-state index >= 15 is 0 Å². The van der Waals surface area contributed by atoms with Gasteiger partial charge in [0.1, 0.15) is 11.9 Å². The molecule has 0 spiro atoms. The number of aromatic nitrogens is 2. The van der Waals surface area contributed by atoms with Gasteiger partial charge in [-0.2, -0.15) is 0 Å². The second-order valence-electron chi connectivity index (χ2n) is 5.64. The van der Waals surface area contributed by atoms with Gasteiger partial charge in [0.05, 0.1) is 26.5 Å². The minimum atomic E-state index is -0.562. The van der Waals surface area contributed by atoms with E-state index in [1.165, 1.54) is 12.3 Å². The molecule has 126 valence electrons. The molecular weight excluding hydrogens is 330 g/mol. The molecule has 0 saturated heterocycles. The number of carbonyl (C=O) groups excluding carboxylic acids is 1. The molecule has 1 atom stereocenters. The number of amides is 2. The molecule has 1 aliphatic carbocycles. The number of aryl methyl sites for hydroxylation is 2. The van der Waals surface area contributed by atoms with Crippen LogP contribution in [0.15, 0.2) is 18.5 Å². The van der Waals surface area contributed by atoms with Crippen molar-refractivity contribution in [2.75, 3.05) is 12.4 Å². The fourth-order valence-electron chi connectivity index (χ4n) is 2.87. The molecule has 2 aromatic rings. The summed E-state index contributed by atoms with van der Waals surface area (Å²) in [4.78, 5) is 34.0. The maximum absolute atomic E-state index is 12.6. The van der Waals surface area contributed by atoms with E-state index in [0.29, 0.717) is 0 Å². The van der Waals surface area contributed by atoms with Crippen molar-refractivity contribution in [2.24, 2.45) is 0 Å². The van der Waals surface area contributed by atoms with Crippen molar-refractivity contribution in [3.63, 3.8) is 0 Å². The van der Waals surface area contributed by atoms with Crippen molar-refractivity contribution < 1.29 is 9.72 Å². The Morgan fingerprint density at radius 1 is 1.54 bits per heavy atom. The minimum Gasteiger partial charge on any atom is -0.320 e. The zero-order valence-corrected chi connectivity index (χ0v) is 14.2. The van der Waals surface area contributed by atoms with E-state index in [0.717, 1.165) is 41.0 Å². The summed E-state index contributed by atoms with van der Waals surface area (Å²) in [5.41, 5.74) is 0.976. The number of pyridine rings is 1. The lowest BCUT2D eigenvalue weighted by Gasteiger charge is -2.30. The molecule has 24 heavy (non-hydrogen) atoms. The van der Waals surface area contributed by atoms with Crippen LogP contribution in [0, 0.1) is 17.0 Å². The van der Waals surface area contributed by atoms with Gasteiger partial charge in [-0.1, -0.05) is 0 Å². The molecule has 8 nitrogen and oxygen atoms in total. The number of hydrogen-bond acceptors (Lipinski definition) is 6. The molecule has 1 N–H and O–H groups in total. The standard InChI is InChI=1S/C15H17N5O3S/c1-9-17-11-4-3-5-12(14(11)24-9)19(2)15(21)18-10-6-7-16-8-13(10)20(22)23/h6-8,12H,3-5H2,1-2H3,(H,16,18,21)/t12-/m0/s1. The van der Waals surface area contributed by atoms with Gasteiger partial charge in [-0.3, -0.25) is 15.1 Å². The number of hydrogen-bond donors (Lipinski definition) is 1. The molecule has 9 heteroatoms. The van der Waals surface area contributed by atoms with Crippen LogP contribution in [0.5, 0.6) is 0 Å². The lowest BCUT2D eigenvalue weighted by Crippen LogP contribution is -2.36. The first-order valence-corrected chi connectivity index (χ1v) is 8.37. The summed E-state index contributed by atoms with van der Waals surface area (Å²) >= 11 is 1.61. The molecule has 0 radical (unpaired) electrons. The van der Waals surface area contributed by atoms with E-state index in [4.69, 9.17) is 0 Å². The Balaban J connectivity index is 1.80. The van der Waals surface area contributed by atoms with E-state index in [9.17, 15) is 14.9 Å². The fraction of sp³-hybridized carbons (Fsp3) is 0.400. The average molecular weight is 347 g/mol. The van der Waals surface area contributed by atoms with Gasteiger partial charge in [-0.05, 0) is 32.3 Å². The molecule has 2 heterocycles. The first-order valence-electron chi connectivity index (χ1n) is 7.55. The van der Waals surface area contributed by atoms with Crippen LogP contribution in [-0.4, -0.2) is 32.9 Å². The number of nitro groups is 1. The van der Waals surface area contributed by atoms with Gasteiger partial charge in [0, 0.05) is 13.2 Å². The molecule has 0 fully saturated rings. The number of nitrogens with one attached hydrogen (secondary N) is 1. The van der Waals surface area contributed by atoms with Gasteiger partial charge in [0.25, 0.3) is 0 Å². The highest BCUT2D eigenvalue weighted by atomic mass is 32.1. The first kappa shape index (κ1) is 16.3. The van der Waals surface area contributed by atoms with Crippen LogP contribution in [0.1, 0.15) is 34.5 Å². The van der Waals surface area contributed by atoms with Crippen molar-refractivity contribution in [3.8, 4) is 0 Å². The predicted octanol–water partition coefficient (Wildman–Crippen LogP) is 3.30. The van der Waals surface area contributed by atoms with Crippen molar-refractivity contribution in [2.45, 2.75) is 32.2 Å². The highest BCUT2D eigenvalue weighted by Crippen LogP contribution is 2.37. The second kappa shape index (κ2) is 6.52. The lowest BCUT2D eigenvalue weighted by atomic mass is 9.97. The highest BCUT2D eigenvalue weighted by molar-refractivity contribution is 7.11. The fourth-order valence-corrected chi connectivity index (χ4v) is 4.02. The van der Waals surface area contributed by atoms with Crippen LogP contribution in [0.3, 0.4) is 0 Å². The average Bonchev–Trinajstić information content (AvgIpc) is 2.94. The van der Waals surface area contributed by atoms with Crippen LogP contribution in [-0.2, 0) is 6.42 Å². The Hall–Kier alpha value is -2.55. The second-order valence-corrected chi connectivity index (χ2v) is 6.88. The molecule has 0 aromatic carbocycles. The molecule has 0 bridgehead atoms. The van der Waals surface area contributed by atoms with E-state index < -0.39 is 4.92 Å². The minimum absolute atomic E-state index is 0.0548. The van der Waals surface area contributed by atoms with Crippen LogP contribution in [0.2, 0.25) is 0 Å². The maximum Gasteiger partial charge on any atom is 0.322 e. The number of carbonyl (C=O) groups is 1. The normalized spacial score (nSPS) is 16.3. The lowest BCUT2D eigenvalue weighted by molar-refractivity contribution is -0.384. The van der Waals surface area contributed by atoms with Crippen molar-refractivity contribution >= 4 is 28.7 Å². The topological polar surface area (TPSA) is 101 Å². The summed E-state index contributed by atoms with van der Waals surface area (Å²) in [6.45, 7) is 1.96. The number of nitrogens with zero attached hydrogens (tertiary/aromatic N) is 4. The molecule has 2 aromatic heterocycles. The van der Waals surface area contributed by atoms with Crippen molar-refractivity contribution in [1.82, 2.24) is 14.9 Å². The summed E-state index contributed by atoms with van der Waals surface area (Å²) in [7, 11) is 1.71. The summed E-state index contributed by atoms with van der Waals surface area (Å²) in [6.07, 6.45) is 5.29. The van der Waals surface area contributed by atoms with E-state index in [1.807, 2.05) is 6.92 Å². The van der Waals surface area contributed by atoms with Gasteiger partial charge < -0.3 is 10.2 Å². The van der Waals surface area contributed by atoms with E-state index in [-0.39, 0.29) is 23.4 Å². The SMILES string of the molecule is Cc1nc2c(s1)[C@@H](N(C)C(=O)Nc1ccncc1[N+](=O)[O-])CCC2. The van der Waals surface area contributed by atoms with Gasteiger partial charge in [-0.15, -0.1) is 11.3 Å². The Morgan fingerprint density at radius 3 is 3.08 bits per heavy atom. The Morgan fingerprint density at radius 2 is 2.33 bits per heavy atom. The molecule has 3 rings (SSSR count). The third-order valence-corrected chi connectivity index (χ3v) is 5.17. The molecular formula is C15H17N5O3S. The zero-order valence-electron chi connectivity index (χ0n) is 13.4. The van der Waals surface area contributed by atoms with Gasteiger partial charge in [0.15, 0.2) is 0 Å². The number of rotatable bonds is 3. The highest BCUT2D eigenvalue weighted by Gasteiger charge is 2.30. The number of urea groups is 1. The molecule has 0 unspecified atom stereocenters. The van der Waals surface area contributed by atoms with Crippen LogP contribution >= 0.6 is 11.3 Å². The van der Waals surface area contributed by atoms with Crippen molar-refractivity contribution in [1.29, 1.82) is 0 Å².